The number of hydrogen-bond donors (Lipinski definition) is 1. The van der Waals surface area contributed by atoms with Crippen molar-refractivity contribution >= 4 is 11.9 Å². The normalized spacial score (nSPS) is 26.1. The first-order chi connectivity index (χ1) is 12.4. The second-order valence-electron chi connectivity index (χ2n) is 7.96. The fraction of sp³-hybridized carbons (Fsp3) is 0.474. The number of esters is 1. The number of carbonyl (C=O) groups excluding carboxylic acids is 2. The zero-order valence-corrected chi connectivity index (χ0v) is 15.2. The van der Waals surface area contributed by atoms with E-state index in [-0.39, 0.29) is 23.2 Å². The minimum atomic E-state index is -0.548. The number of amides is 1. The molecule has 7 nitrogen and oxygen atoms in total. The minimum absolute atomic E-state index is 0.0410. The van der Waals surface area contributed by atoms with Crippen LogP contribution in [0.5, 0.6) is 0 Å². The van der Waals surface area contributed by atoms with Crippen molar-refractivity contribution in [2.45, 2.75) is 20.3 Å². The van der Waals surface area contributed by atoms with E-state index in [4.69, 9.17) is 4.74 Å². The average Bonchev–Trinajstić information content (AvgIpc) is 3.27. The second kappa shape index (κ2) is 5.65. The van der Waals surface area contributed by atoms with E-state index in [1.165, 1.54) is 13.4 Å². The van der Waals surface area contributed by atoms with E-state index in [1.807, 2.05) is 12.1 Å². The number of carbonyl (C=O) groups is 2. The number of rotatable bonds is 3. The Kier molecular flexibility index (Phi) is 3.64. The molecule has 2 fully saturated rings. The minimum Gasteiger partial charge on any atom is -0.469 e. The molecule has 7 heteroatoms. The highest BCUT2D eigenvalue weighted by molar-refractivity contribution is 5.96. The van der Waals surface area contributed by atoms with Crippen molar-refractivity contribution in [1.82, 2.24) is 20.1 Å². The van der Waals surface area contributed by atoms with Gasteiger partial charge >= 0.3 is 5.97 Å². The van der Waals surface area contributed by atoms with E-state index in [2.05, 4.69) is 29.0 Å². The first-order valence-electron chi connectivity index (χ1n) is 8.71. The van der Waals surface area contributed by atoms with Gasteiger partial charge in [0.05, 0.1) is 12.5 Å². The van der Waals surface area contributed by atoms with E-state index in [9.17, 15) is 9.59 Å². The number of nitrogens with zero attached hydrogens (tertiary/aromatic N) is 3. The smallest absolute Gasteiger partial charge is 0.314 e. The van der Waals surface area contributed by atoms with Crippen molar-refractivity contribution in [2.24, 2.45) is 16.7 Å². The van der Waals surface area contributed by atoms with Crippen LogP contribution in [0.25, 0.3) is 11.4 Å². The number of likely N-dealkylation sites (tertiary alicyclic amines) is 1. The predicted octanol–water partition coefficient (Wildman–Crippen LogP) is 2.13. The Bertz CT molecular complexity index is 844. The van der Waals surface area contributed by atoms with Crippen LogP contribution in [0.4, 0.5) is 0 Å². The van der Waals surface area contributed by atoms with E-state index in [1.54, 1.807) is 17.0 Å². The molecular weight excluding hydrogens is 332 g/mol. The Morgan fingerprint density at radius 1 is 1.27 bits per heavy atom. The van der Waals surface area contributed by atoms with Gasteiger partial charge in [-0.25, -0.2) is 4.98 Å². The van der Waals surface area contributed by atoms with E-state index >= 15 is 0 Å². The summed E-state index contributed by atoms with van der Waals surface area (Å²) in [4.78, 5) is 31.3. The van der Waals surface area contributed by atoms with Crippen LogP contribution in [0.2, 0.25) is 0 Å². The molecular formula is C19H22N4O3. The van der Waals surface area contributed by atoms with E-state index in [0.717, 1.165) is 12.0 Å². The molecule has 0 unspecified atom stereocenters. The molecule has 1 saturated carbocycles. The first kappa shape index (κ1) is 16.8. The number of methoxy groups -OCH3 is 1. The third kappa shape index (κ3) is 2.34. The van der Waals surface area contributed by atoms with Crippen LogP contribution in [0.15, 0.2) is 30.6 Å². The molecule has 0 bridgehead atoms. The lowest BCUT2D eigenvalue weighted by Gasteiger charge is -2.54. The number of nitrogens with one attached hydrogen (secondary N) is 1. The lowest BCUT2D eigenvalue weighted by atomic mass is 9.48. The summed E-state index contributed by atoms with van der Waals surface area (Å²) < 4.78 is 5.05. The van der Waals surface area contributed by atoms with Gasteiger partial charge in [-0.2, -0.15) is 5.10 Å². The molecule has 1 N–H and O–H groups in total. The maximum atomic E-state index is 13.0. The number of H-pyrrole nitrogens is 1. The van der Waals surface area contributed by atoms with Gasteiger partial charge in [0.15, 0.2) is 5.82 Å². The number of ether oxygens (including phenoxy) is 1. The summed E-state index contributed by atoms with van der Waals surface area (Å²) in [5.41, 5.74) is 0.965. The first-order valence-corrected chi connectivity index (χ1v) is 8.71. The number of benzene rings is 1. The molecule has 2 atom stereocenters. The molecule has 1 aliphatic carbocycles. The number of hydrogen-bond acceptors (Lipinski definition) is 5. The highest BCUT2D eigenvalue weighted by atomic mass is 16.5. The van der Waals surface area contributed by atoms with Crippen molar-refractivity contribution in [2.75, 3.05) is 20.2 Å². The maximum absolute atomic E-state index is 13.0. The van der Waals surface area contributed by atoms with Crippen LogP contribution in [0.3, 0.4) is 0 Å². The molecule has 26 heavy (non-hydrogen) atoms. The highest BCUT2D eigenvalue weighted by Gasteiger charge is 2.68. The molecule has 2 heterocycles. The maximum Gasteiger partial charge on any atom is 0.314 e. The van der Waals surface area contributed by atoms with Crippen LogP contribution in [-0.4, -0.2) is 52.2 Å². The van der Waals surface area contributed by atoms with Gasteiger partial charge < -0.3 is 9.64 Å². The van der Waals surface area contributed by atoms with Gasteiger partial charge in [0, 0.05) is 24.2 Å². The summed E-state index contributed by atoms with van der Waals surface area (Å²) >= 11 is 0. The van der Waals surface area contributed by atoms with Crippen molar-refractivity contribution in [3.8, 4) is 11.4 Å². The zero-order chi connectivity index (χ0) is 18.5. The van der Waals surface area contributed by atoms with Crippen LogP contribution >= 0.6 is 0 Å². The summed E-state index contributed by atoms with van der Waals surface area (Å²) in [5, 5.41) is 6.64. The zero-order valence-electron chi connectivity index (χ0n) is 15.2. The molecule has 0 radical (unpaired) electrons. The fourth-order valence-electron chi connectivity index (χ4n) is 4.82. The van der Waals surface area contributed by atoms with Gasteiger partial charge in [-0.3, -0.25) is 14.7 Å². The van der Waals surface area contributed by atoms with Crippen LogP contribution in [-0.2, 0) is 9.53 Å². The largest absolute Gasteiger partial charge is 0.469 e. The molecule has 2 aromatic rings. The van der Waals surface area contributed by atoms with Gasteiger partial charge in [0.1, 0.15) is 6.33 Å². The monoisotopic (exact) mass is 354 g/mol. The summed E-state index contributed by atoms with van der Waals surface area (Å²) in [7, 11) is 1.42. The molecule has 136 valence electrons. The summed E-state index contributed by atoms with van der Waals surface area (Å²) in [5.74, 6) is 0.551. The van der Waals surface area contributed by atoms with Gasteiger partial charge in [-0.05, 0) is 29.9 Å². The molecule has 2 aliphatic rings. The lowest BCUT2D eigenvalue weighted by molar-refractivity contribution is -0.174. The van der Waals surface area contributed by atoms with Crippen molar-refractivity contribution in [1.29, 1.82) is 0 Å². The summed E-state index contributed by atoms with van der Waals surface area (Å²) in [6.45, 7) is 5.32. The van der Waals surface area contributed by atoms with Gasteiger partial charge in [-0.1, -0.05) is 26.0 Å². The molecule has 1 saturated heterocycles. The topological polar surface area (TPSA) is 88.2 Å². The molecule has 0 spiro atoms. The second-order valence-corrected chi connectivity index (χ2v) is 7.96. The van der Waals surface area contributed by atoms with E-state index < -0.39 is 5.41 Å². The lowest BCUT2D eigenvalue weighted by Crippen LogP contribution is -2.57. The molecule has 1 aromatic heterocycles. The van der Waals surface area contributed by atoms with Gasteiger partial charge in [-0.15, -0.1) is 0 Å². The SMILES string of the molecule is COC(=O)[C@@]12CN(C(=O)c3ccc(-c4ncn[nH]4)cc3)C[C@@H]1C(C)(C)C2. The molecule has 1 aromatic carbocycles. The molecule has 4 rings (SSSR count). The average molecular weight is 354 g/mol. The predicted molar refractivity (Wildman–Crippen MR) is 94.1 cm³/mol. The quantitative estimate of drug-likeness (QED) is 0.853. The van der Waals surface area contributed by atoms with Crippen molar-refractivity contribution < 1.29 is 14.3 Å². The van der Waals surface area contributed by atoms with Crippen LogP contribution in [0, 0.1) is 16.7 Å². The van der Waals surface area contributed by atoms with Crippen molar-refractivity contribution in [3.63, 3.8) is 0 Å². The Labute approximate surface area is 151 Å². The number of aromatic amines is 1. The van der Waals surface area contributed by atoms with Crippen molar-refractivity contribution in [3.05, 3.63) is 36.2 Å². The Morgan fingerprint density at radius 3 is 2.58 bits per heavy atom. The summed E-state index contributed by atoms with van der Waals surface area (Å²) in [6.07, 6.45) is 2.20. The Hall–Kier alpha value is -2.70. The van der Waals surface area contributed by atoms with Crippen LogP contribution in [0.1, 0.15) is 30.6 Å². The Balaban J connectivity index is 1.55. The van der Waals surface area contributed by atoms with Gasteiger partial charge in [0.2, 0.25) is 0 Å². The van der Waals surface area contributed by atoms with E-state index in [0.29, 0.717) is 24.5 Å². The standard InChI is InChI=1S/C19H22N4O3/c1-18(2)9-19(17(25)26-3)10-23(8-14(18)19)16(24)13-6-4-12(5-7-13)15-20-11-21-22-15/h4-7,11,14H,8-10H2,1-3H3,(H,20,21,22)/t14-,19+/m1/s1. The van der Waals surface area contributed by atoms with Gasteiger partial charge in [0.25, 0.3) is 5.91 Å². The number of aromatic nitrogens is 3. The molecule has 1 amide bonds. The van der Waals surface area contributed by atoms with Crippen LogP contribution < -0.4 is 0 Å². The molecule has 1 aliphatic heterocycles. The third-order valence-electron chi connectivity index (χ3n) is 5.96. The fourth-order valence-corrected chi connectivity index (χ4v) is 4.82. The third-order valence-corrected chi connectivity index (χ3v) is 5.96. The highest BCUT2D eigenvalue weighted by Crippen LogP contribution is 2.63. The Morgan fingerprint density at radius 2 is 2.00 bits per heavy atom. The number of fused-ring (bicyclic) bond motifs is 1. The summed E-state index contributed by atoms with van der Waals surface area (Å²) in [6, 6.07) is 7.27.